The van der Waals surface area contributed by atoms with E-state index in [1.54, 1.807) is 38.3 Å². The summed E-state index contributed by atoms with van der Waals surface area (Å²) in [4.78, 5) is 24.8. The summed E-state index contributed by atoms with van der Waals surface area (Å²) in [6.45, 7) is 2.32. The molecule has 2 amide bonds. The summed E-state index contributed by atoms with van der Waals surface area (Å²) in [6, 6.07) is 14.2. The van der Waals surface area contributed by atoms with Crippen molar-refractivity contribution in [1.29, 1.82) is 0 Å². The lowest BCUT2D eigenvalue weighted by atomic mass is 9.95. The van der Waals surface area contributed by atoms with E-state index >= 15 is 0 Å². The van der Waals surface area contributed by atoms with Crippen LogP contribution in [0.5, 0.6) is 5.75 Å². The van der Waals surface area contributed by atoms with Crippen LogP contribution >= 0.6 is 12.4 Å². The Kier molecular flexibility index (Phi) is 7.21. The Morgan fingerprint density at radius 2 is 1.89 bits per heavy atom. The molecule has 0 bridgehead atoms. The highest BCUT2D eigenvalue weighted by molar-refractivity contribution is 5.97. The molecule has 1 aliphatic heterocycles. The van der Waals surface area contributed by atoms with E-state index < -0.39 is 6.04 Å². The van der Waals surface area contributed by atoms with E-state index in [0.29, 0.717) is 24.4 Å². The summed E-state index contributed by atoms with van der Waals surface area (Å²) in [5.41, 5.74) is 3.00. The summed E-state index contributed by atoms with van der Waals surface area (Å²) in [5, 5.41) is 8.79. The molecule has 2 aromatic carbocycles. The number of benzene rings is 2. The van der Waals surface area contributed by atoms with Gasteiger partial charge in [-0.3, -0.25) is 9.59 Å². The van der Waals surface area contributed by atoms with Gasteiger partial charge < -0.3 is 20.7 Å². The third-order valence-electron chi connectivity index (χ3n) is 4.49. The zero-order valence-electron chi connectivity index (χ0n) is 15.3. The van der Waals surface area contributed by atoms with Gasteiger partial charge in [-0.05, 0) is 36.6 Å². The Morgan fingerprint density at radius 1 is 1.15 bits per heavy atom. The second-order valence-electron chi connectivity index (χ2n) is 6.36. The predicted octanol–water partition coefficient (Wildman–Crippen LogP) is 2.27. The topological polar surface area (TPSA) is 79.5 Å². The number of methoxy groups -OCH3 is 1. The summed E-state index contributed by atoms with van der Waals surface area (Å²) in [5.74, 6) is 0.208. The highest BCUT2D eigenvalue weighted by atomic mass is 35.5. The minimum Gasteiger partial charge on any atom is -0.497 e. The van der Waals surface area contributed by atoms with Gasteiger partial charge in [0.1, 0.15) is 11.8 Å². The van der Waals surface area contributed by atoms with Crippen LogP contribution in [0, 0.1) is 0 Å². The van der Waals surface area contributed by atoms with E-state index in [0.717, 1.165) is 0 Å². The average molecular weight is 390 g/mol. The Labute approximate surface area is 165 Å². The first-order chi connectivity index (χ1) is 12.6. The summed E-state index contributed by atoms with van der Waals surface area (Å²) in [7, 11) is 1.57. The lowest BCUT2D eigenvalue weighted by Gasteiger charge is -2.26. The van der Waals surface area contributed by atoms with Crippen molar-refractivity contribution in [2.24, 2.45) is 0 Å². The molecule has 0 unspecified atom stereocenters. The first-order valence-corrected chi connectivity index (χ1v) is 8.62. The fourth-order valence-electron chi connectivity index (χ4n) is 2.97. The van der Waals surface area contributed by atoms with Crippen molar-refractivity contribution in [3.8, 4) is 5.75 Å². The molecule has 2 aromatic rings. The van der Waals surface area contributed by atoms with Crippen LogP contribution in [0.2, 0.25) is 0 Å². The smallest absolute Gasteiger partial charge is 0.246 e. The summed E-state index contributed by atoms with van der Waals surface area (Å²) in [6.07, 6.45) is 0.617. The van der Waals surface area contributed by atoms with Crippen LogP contribution in [0.4, 0.5) is 5.69 Å². The zero-order valence-corrected chi connectivity index (χ0v) is 16.1. The number of nitrogens with one attached hydrogen (secondary N) is 3. The van der Waals surface area contributed by atoms with Crippen LogP contribution in [0.25, 0.3) is 0 Å². The number of ether oxygens (including phenoxy) is 1. The lowest BCUT2D eigenvalue weighted by Crippen LogP contribution is -2.52. The molecule has 0 saturated carbocycles. The number of amides is 2. The summed E-state index contributed by atoms with van der Waals surface area (Å²) >= 11 is 0. The number of hydrogen-bond acceptors (Lipinski definition) is 4. The largest absolute Gasteiger partial charge is 0.497 e. The molecule has 3 N–H and O–H groups in total. The van der Waals surface area contributed by atoms with Crippen LogP contribution in [-0.2, 0) is 22.6 Å². The maximum absolute atomic E-state index is 12.5. The minimum atomic E-state index is -0.646. The van der Waals surface area contributed by atoms with Crippen LogP contribution in [0.15, 0.2) is 48.5 Å². The van der Waals surface area contributed by atoms with Crippen molar-refractivity contribution >= 4 is 29.9 Å². The number of anilines is 1. The highest BCUT2D eigenvalue weighted by Gasteiger charge is 2.26. The van der Waals surface area contributed by atoms with Gasteiger partial charge in [0.25, 0.3) is 0 Å². The average Bonchev–Trinajstić information content (AvgIpc) is 2.67. The molecule has 27 heavy (non-hydrogen) atoms. The number of rotatable bonds is 5. The van der Waals surface area contributed by atoms with Crippen molar-refractivity contribution in [3.05, 3.63) is 59.7 Å². The van der Waals surface area contributed by atoms with Crippen molar-refractivity contribution < 1.29 is 14.3 Å². The summed E-state index contributed by atoms with van der Waals surface area (Å²) < 4.78 is 5.14. The molecule has 0 spiro atoms. The molecule has 144 valence electrons. The molecule has 7 heteroatoms. The second kappa shape index (κ2) is 9.39. The molecule has 0 saturated heterocycles. The second-order valence-corrected chi connectivity index (χ2v) is 6.36. The van der Waals surface area contributed by atoms with Gasteiger partial charge in [-0.15, -0.1) is 12.4 Å². The van der Waals surface area contributed by atoms with Crippen molar-refractivity contribution in [3.63, 3.8) is 0 Å². The van der Waals surface area contributed by atoms with Crippen LogP contribution in [-0.4, -0.2) is 31.0 Å². The van der Waals surface area contributed by atoms with Gasteiger partial charge in [0.05, 0.1) is 13.2 Å². The maximum Gasteiger partial charge on any atom is 0.246 e. The fourth-order valence-corrected chi connectivity index (χ4v) is 2.97. The van der Waals surface area contributed by atoms with Gasteiger partial charge in [-0.2, -0.15) is 0 Å². The molecular formula is C20H24ClN3O3. The normalized spacial score (nSPS) is 16.3. The van der Waals surface area contributed by atoms with Crippen molar-refractivity contribution in [1.82, 2.24) is 10.6 Å². The van der Waals surface area contributed by atoms with E-state index in [4.69, 9.17) is 4.74 Å². The number of fused-ring (bicyclic) bond motifs is 1. The standard InChI is InChI=1S/C20H23N3O3.ClH/c1-13(19(24)23-16-8-5-9-17(11-16)26-2)22-20(25)18-10-14-6-3-4-7-15(14)12-21-18;/h3-9,11,13,18,21H,10,12H2,1-2H3,(H,22,25)(H,23,24);1H/t13-,18+;/m1./s1. The maximum atomic E-state index is 12.5. The first kappa shape index (κ1) is 20.7. The third-order valence-corrected chi connectivity index (χ3v) is 4.49. The van der Waals surface area contributed by atoms with Gasteiger partial charge in [-0.25, -0.2) is 0 Å². The fraction of sp³-hybridized carbons (Fsp3) is 0.300. The van der Waals surface area contributed by atoms with Crippen molar-refractivity contribution in [2.45, 2.75) is 32.0 Å². The number of carbonyl (C=O) groups is 2. The van der Waals surface area contributed by atoms with Crippen LogP contribution < -0.4 is 20.7 Å². The van der Waals surface area contributed by atoms with Gasteiger partial charge in [0, 0.05) is 18.3 Å². The van der Waals surface area contributed by atoms with E-state index in [1.165, 1.54) is 11.1 Å². The molecule has 0 aliphatic carbocycles. The van der Waals surface area contributed by atoms with E-state index in [1.807, 2.05) is 18.2 Å². The molecule has 0 aromatic heterocycles. The van der Waals surface area contributed by atoms with Crippen molar-refractivity contribution in [2.75, 3.05) is 12.4 Å². The monoisotopic (exact) mass is 389 g/mol. The SMILES string of the molecule is COc1cccc(NC(=O)[C@@H](C)NC(=O)[C@@H]2Cc3ccccc3CN2)c1.Cl. The Balaban J connectivity index is 0.00000261. The Hall–Kier alpha value is -2.57. The minimum absolute atomic E-state index is 0. The molecule has 1 heterocycles. The number of halogens is 1. The molecule has 0 radical (unpaired) electrons. The molecule has 3 rings (SSSR count). The highest BCUT2D eigenvalue weighted by Crippen LogP contribution is 2.18. The van der Waals surface area contributed by atoms with E-state index in [-0.39, 0.29) is 30.3 Å². The van der Waals surface area contributed by atoms with Gasteiger partial charge in [0.2, 0.25) is 11.8 Å². The Morgan fingerprint density at radius 3 is 2.63 bits per heavy atom. The van der Waals surface area contributed by atoms with Crippen LogP contribution in [0.3, 0.4) is 0 Å². The molecule has 1 aliphatic rings. The molecule has 2 atom stereocenters. The first-order valence-electron chi connectivity index (χ1n) is 8.62. The molecule has 6 nitrogen and oxygen atoms in total. The third kappa shape index (κ3) is 5.21. The van der Waals surface area contributed by atoms with Gasteiger partial charge in [-0.1, -0.05) is 30.3 Å². The number of carbonyl (C=O) groups excluding carboxylic acids is 2. The zero-order chi connectivity index (χ0) is 18.5. The quantitative estimate of drug-likeness (QED) is 0.733. The van der Waals surface area contributed by atoms with E-state index in [2.05, 4.69) is 22.0 Å². The predicted molar refractivity (Wildman–Crippen MR) is 107 cm³/mol. The van der Waals surface area contributed by atoms with E-state index in [9.17, 15) is 9.59 Å². The van der Waals surface area contributed by atoms with Crippen LogP contribution in [0.1, 0.15) is 18.1 Å². The Bertz CT molecular complexity index is 813. The lowest BCUT2D eigenvalue weighted by molar-refractivity contribution is -0.127. The molecule has 0 fully saturated rings. The van der Waals surface area contributed by atoms with Gasteiger partial charge in [0.15, 0.2) is 0 Å². The van der Waals surface area contributed by atoms with Gasteiger partial charge >= 0.3 is 0 Å². The molecular weight excluding hydrogens is 366 g/mol. The number of hydrogen-bond donors (Lipinski definition) is 3.